The van der Waals surface area contributed by atoms with Crippen molar-refractivity contribution in [2.75, 3.05) is 39.3 Å². The summed E-state index contributed by atoms with van der Waals surface area (Å²) in [5.74, 6) is 0.792. The molecule has 3 heteroatoms. The lowest BCUT2D eigenvalue weighted by Crippen LogP contribution is -2.62. The van der Waals surface area contributed by atoms with Crippen molar-refractivity contribution >= 4 is 0 Å². The van der Waals surface area contributed by atoms with Crippen LogP contribution in [0, 0.1) is 5.92 Å². The maximum atomic E-state index is 3.73. The van der Waals surface area contributed by atoms with Crippen molar-refractivity contribution in [2.24, 2.45) is 5.92 Å². The highest BCUT2D eigenvalue weighted by molar-refractivity contribution is 4.92. The molecule has 0 aromatic carbocycles. The molecule has 2 saturated heterocycles. The molecule has 3 nitrogen and oxygen atoms in total. The third kappa shape index (κ3) is 5.01. The summed E-state index contributed by atoms with van der Waals surface area (Å²) in [7, 11) is 0. The van der Waals surface area contributed by atoms with Gasteiger partial charge in [-0.3, -0.25) is 4.90 Å². The van der Waals surface area contributed by atoms with Gasteiger partial charge >= 0.3 is 0 Å². The summed E-state index contributed by atoms with van der Waals surface area (Å²) in [6.45, 7) is 16.9. The first-order valence-corrected chi connectivity index (χ1v) is 8.68. The Labute approximate surface area is 126 Å². The van der Waals surface area contributed by atoms with Gasteiger partial charge in [-0.25, -0.2) is 0 Å². The van der Waals surface area contributed by atoms with Crippen molar-refractivity contribution in [1.29, 1.82) is 0 Å². The van der Waals surface area contributed by atoms with Crippen molar-refractivity contribution in [1.82, 2.24) is 15.1 Å². The van der Waals surface area contributed by atoms with Crippen LogP contribution in [0.2, 0.25) is 0 Å². The van der Waals surface area contributed by atoms with E-state index in [1.807, 2.05) is 0 Å². The summed E-state index contributed by atoms with van der Waals surface area (Å²) in [6, 6.07) is 0.729. The normalized spacial score (nSPS) is 28.9. The lowest BCUT2D eigenvalue weighted by molar-refractivity contribution is 0.0688. The van der Waals surface area contributed by atoms with Gasteiger partial charge in [0.2, 0.25) is 0 Å². The molecular formula is C17H35N3. The average molecular weight is 281 g/mol. The van der Waals surface area contributed by atoms with Crippen LogP contribution in [0.5, 0.6) is 0 Å². The Morgan fingerprint density at radius 1 is 1.10 bits per heavy atom. The summed E-state index contributed by atoms with van der Waals surface area (Å²) in [6.07, 6.45) is 5.57. The standard InChI is InChI=1S/C17H35N3/c1-15(2)12-16-13-18-17(3,4)14-20(16)11-10-19-8-6-5-7-9-19/h15-16,18H,5-14H2,1-4H3. The van der Waals surface area contributed by atoms with E-state index >= 15 is 0 Å². The van der Waals surface area contributed by atoms with Crippen LogP contribution < -0.4 is 5.32 Å². The number of nitrogens with one attached hydrogen (secondary N) is 1. The number of likely N-dealkylation sites (tertiary alicyclic amines) is 1. The molecular weight excluding hydrogens is 246 g/mol. The fourth-order valence-corrected chi connectivity index (χ4v) is 3.71. The van der Waals surface area contributed by atoms with Crippen LogP contribution in [0.15, 0.2) is 0 Å². The van der Waals surface area contributed by atoms with E-state index in [0.717, 1.165) is 18.5 Å². The van der Waals surface area contributed by atoms with Gasteiger partial charge in [0, 0.05) is 37.8 Å². The molecule has 1 N–H and O–H groups in total. The van der Waals surface area contributed by atoms with E-state index in [2.05, 4.69) is 42.8 Å². The van der Waals surface area contributed by atoms with E-state index in [9.17, 15) is 0 Å². The van der Waals surface area contributed by atoms with Crippen LogP contribution in [-0.4, -0.2) is 60.6 Å². The van der Waals surface area contributed by atoms with E-state index in [1.54, 1.807) is 0 Å². The molecule has 2 fully saturated rings. The minimum Gasteiger partial charge on any atom is -0.309 e. The minimum atomic E-state index is 0.273. The average Bonchev–Trinajstić information content (AvgIpc) is 2.39. The number of piperidine rings is 1. The lowest BCUT2D eigenvalue weighted by Gasteiger charge is -2.46. The monoisotopic (exact) mass is 281 g/mol. The second-order valence-corrected chi connectivity index (χ2v) is 7.92. The molecule has 2 aliphatic rings. The Hall–Kier alpha value is -0.120. The van der Waals surface area contributed by atoms with E-state index in [1.165, 1.54) is 58.4 Å². The zero-order valence-electron chi connectivity index (χ0n) is 14.1. The maximum Gasteiger partial charge on any atom is 0.0252 e. The Kier molecular flexibility index (Phi) is 5.88. The van der Waals surface area contributed by atoms with Crippen LogP contribution >= 0.6 is 0 Å². The highest BCUT2D eigenvalue weighted by Gasteiger charge is 2.32. The maximum absolute atomic E-state index is 3.73. The Bertz CT molecular complexity index is 282. The quantitative estimate of drug-likeness (QED) is 0.835. The number of piperazine rings is 1. The SMILES string of the molecule is CC(C)CC1CNC(C)(C)CN1CCN1CCCCC1. The summed E-state index contributed by atoms with van der Waals surface area (Å²) < 4.78 is 0. The number of hydrogen-bond donors (Lipinski definition) is 1. The fraction of sp³-hybridized carbons (Fsp3) is 1.00. The molecule has 0 amide bonds. The minimum absolute atomic E-state index is 0.273. The van der Waals surface area contributed by atoms with Gasteiger partial charge < -0.3 is 10.2 Å². The molecule has 2 rings (SSSR count). The molecule has 0 saturated carbocycles. The van der Waals surface area contributed by atoms with E-state index < -0.39 is 0 Å². The molecule has 0 aromatic rings. The van der Waals surface area contributed by atoms with Gasteiger partial charge in [-0.2, -0.15) is 0 Å². The number of nitrogens with zero attached hydrogens (tertiary/aromatic N) is 2. The van der Waals surface area contributed by atoms with Crippen LogP contribution in [0.4, 0.5) is 0 Å². The fourth-order valence-electron chi connectivity index (χ4n) is 3.71. The molecule has 0 aliphatic carbocycles. The molecule has 1 atom stereocenters. The van der Waals surface area contributed by atoms with Crippen molar-refractivity contribution in [2.45, 2.75) is 65.0 Å². The van der Waals surface area contributed by atoms with Crippen LogP contribution in [0.1, 0.15) is 53.4 Å². The van der Waals surface area contributed by atoms with Crippen LogP contribution in [0.25, 0.3) is 0 Å². The van der Waals surface area contributed by atoms with Gasteiger partial charge in [-0.1, -0.05) is 20.3 Å². The first kappa shape index (κ1) is 16.3. The number of rotatable bonds is 5. The van der Waals surface area contributed by atoms with Crippen molar-refractivity contribution in [3.63, 3.8) is 0 Å². The molecule has 0 bridgehead atoms. The van der Waals surface area contributed by atoms with Crippen LogP contribution in [-0.2, 0) is 0 Å². The van der Waals surface area contributed by atoms with E-state index in [0.29, 0.717) is 0 Å². The van der Waals surface area contributed by atoms with Gasteiger partial charge in [0.25, 0.3) is 0 Å². The smallest absolute Gasteiger partial charge is 0.0252 e. The molecule has 0 radical (unpaired) electrons. The van der Waals surface area contributed by atoms with Gasteiger partial charge in [0.1, 0.15) is 0 Å². The predicted molar refractivity (Wildman–Crippen MR) is 87.2 cm³/mol. The highest BCUT2D eigenvalue weighted by atomic mass is 15.3. The highest BCUT2D eigenvalue weighted by Crippen LogP contribution is 2.20. The van der Waals surface area contributed by atoms with Gasteiger partial charge in [0.15, 0.2) is 0 Å². The molecule has 2 aliphatic heterocycles. The molecule has 118 valence electrons. The largest absolute Gasteiger partial charge is 0.309 e. The molecule has 1 unspecified atom stereocenters. The second kappa shape index (κ2) is 7.24. The topological polar surface area (TPSA) is 18.5 Å². The van der Waals surface area contributed by atoms with Crippen molar-refractivity contribution in [3.8, 4) is 0 Å². The van der Waals surface area contributed by atoms with E-state index in [4.69, 9.17) is 0 Å². The predicted octanol–water partition coefficient (Wildman–Crippen LogP) is 2.57. The van der Waals surface area contributed by atoms with Crippen molar-refractivity contribution in [3.05, 3.63) is 0 Å². The van der Waals surface area contributed by atoms with Crippen LogP contribution in [0.3, 0.4) is 0 Å². The second-order valence-electron chi connectivity index (χ2n) is 7.92. The first-order valence-electron chi connectivity index (χ1n) is 8.68. The molecule has 20 heavy (non-hydrogen) atoms. The zero-order valence-corrected chi connectivity index (χ0v) is 14.1. The van der Waals surface area contributed by atoms with Gasteiger partial charge in [-0.05, 0) is 52.1 Å². The number of hydrogen-bond acceptors (Lipinski definition) is 3. The van der Waals surface area contributed by atoms with E-state index in [-0.39, 0.29) is 5.54 Å². The summed E-state index contributed by atoms with van der Waals surface area (Å²) in [5, 5.41) is 3.73. The van der Waals surface area contributed by atoms with Gasteiger partial charge in [0.05, 0.1) is 0 Å². The van der Waals surface area contributed by atoms with Crippen molar-refractivity contribution < 1.29 is 0 Å². The summed E-state index contributed by atoms with van der Waals surface area (Å²) in [5.41, 5.74) is 0.273. The summed E-state index contributed by atoms with van der Waals surface area (Å²) in [4.78, 5) is 5.43. The summed E-state index contributed by atoms with van der Waals surface area (Å²) >= 11 is 0. The van der Waals surface area contributed by atoms with Gasteiger partial charge in [-0.15, -0.1) is 0 Å². The Balaban J connectivity index is 1.85. The Morgan fingerprint density at radius 2 is 1.80 bits per heavy atom. The zero-order chi connectivity index (χ0) is 14.6. The first-order chi connectivity index (χ1) is 9.46. The third-order valence-electron chi connectivity index (χ3n) is 4.83. The molecule has 0 aromatic heterocycles. The third-order valence-corrected chi connectivity index (χ3v) is 4.83. The molecule has 0 spiro atoms. The lowest BCUT2D eigenvalue weighted by atomic mass is 9.94. The Morgan fingerprint density at radius 3 is 2.45 bits per heavy atom. The molecule has 2 heterocycles.